The van der Waals surface area contributed by atoms with Crippen LogP contribution in [0.1, 0.15) is 31.1 Å². The number of para-hydroxylation sites is 1. The van der Waals surface area contributed by atoms with E-state index in [0.717, 1.165) is 5.56 Å². The summed E-state index contributed by atoms with van der Waals surface area (Å²) in [5, 5.41) is 0. The zero-order valence-electron chi connectivity index (χ0n) is 12.9. The molecule has 2 aromatic rings. The first-order chi connectivity index (χ1) is 10.4. The zero-order valence-corrected chi connectivity index (χ0v) is 13.7. The number of ether oxygens (including phenoxy) is 1. The highest BCUT2D eigenvalue weighted by atomic mass is 32.2. The van der Waals surface area contributed by atoms with Gasteiger partial charge in [0, 0.05) is 18.2 Å². The largest absolute Gasteiger partial charge is 0.366 e. The first-order valence-corrected chi connectivity index (χ1v) is 8.69. The van der Waals surface area contributed by atoms with Crippen molar-refractivity contribution in [1.82, 2.24) is 0 Å². The molecule has 0 saturated heterocycles. The number of benzene rings is 2. The molecular weight excluding hydrogens is 298 g/mol. The Morgan fingerprint density at radius 2 is 1.59 bits per heavy atom. The summed E-state index contributed by atoms with van der Waals surface area (Å²) in [7, 11) is -2.00. The lowest BCUT2D eigenvalue weighted by atomic mass is 9.99. The van der Waals surface area contributed by atoms with Crippen molar-refractivity contribution in [3.8, 4) is 0 Å². The van der Waals surface area contributed by atoms with Crippen LogP contribution in [0.4, 0.5) is 5.69 Å². The predicted molar refractivity (Wildman–Crippen MR) is 86.5 cm³/mol. The summed E-state index contributed by atoms with van der Waals surface area (Å²) in [6, 6.07) is 14.5. The molecule has 1 unspecified atom stereocenters. The van der Waals surface area contributed by atoms with Gasteiger partial charge in [-0.1, -0.05) is 36.4 Å². The topological polar surface area (TPSA) is 46.6 Å². The van der Waals surface area contributed by atoms with E-state index in [4.69, 9.17) is 4.74 Å². The molecule has 0 N–H and O–H groups in total. The van der Waals surface area contributed by atoms with Crippen LogP contribution >= 0.6 is 0 Å². The van der Waals surface area contributed by atoms with Crippen molar-refractivity contribution < 1.29 is 13.2 Å². The van der Waals surface area contributed by atoms with Crippen molar-refractivity contribution >= 4 is 15.7 Å². The summed E-state index contributed by atoms with van der Waals surface area (Å²) in [5.41, 5.74) is 2.21. The zero-order chi connectivity index (χ0) is 15.9. The highest BCUT2D eigenvalue weighted by Gasteiger charge is 2.35. The average Bonchev–Trinajstić information content (AvgIpc) is 2.57. The molecule has 22 heavy (non-hydrogen) atoms. The van der Waals surface area contributed by atoms with Gasteiger partial charge in [0.05, 0.1) is 16.7 Å². The van der Waals surface area contributed by atoms with Gasteiger partial charge in [-0.3, -0.25) is 4.31 Å². The number of anilines is 1. The van der Waals surface area contributed by atoms with Crippen molar-refractivity contribution in [2.24, 2.45) is 0 Å². The number of rotatable bonds is 2. The molecule has 0 fully saturated rings. The third kappa shape index (κ3) is 2.30. The van der Waals surface area contributed by atoms with Crippen molar-refractivity contribution in [3.05, 3.63) is 59.7 Å². The first kappa shape index (κ1) is 15.1. The Kier molecular flexibility index (Phi) is 3.70. The van der Waals surface area contributed by atoms with E-state index in [1.54, 1.807) is 19.2 Å². The highest BCUT2D eigenvalue weighted by Crippen LogP contribution is 2.41. The van der Waals surface area contributed by atoms with Crippen LogP contribution < -0.4 is 4.31 Å². The number of hydrogen-bond donors (Lipinski definition) is 0. The van der Waals surface area contributed by atoms with Crippen molar-refractivity contribution in [1.29, 1.82) is 0 Å². The van der Waals surface area contributed by atoms with Crippen LogP contribution in [0.3, 0.4) is 0 Å². The summed E-state index contributed by atoms with van der Waals surface area (Å²) >= 11 is 0. The van der Waals surface area contributed by atoms with Crippen molar-refractivity contribution in [2.75, 3.05) is 11.4 Å². The van der Waals surface area contributed by atoms with Crippen molar-refractivity contribution in [3.63, 3.8) is 0 Å². The maximum atomic E-state index is 12.9. The van der Waals surface area contributed by atoms with Gasteiger partial charge in [0.2, 0.25) is 0 Å². The lowest BCUT2D eigenvalue weighted by molar-refractivity contribution is 0.0294. The Morgan fingerprint density at radius 3 is 2.27 bits per heavy atom. The van der Waals surface area contributed by atoms with Gasteiger partial charge in [0.15, 0.2) is 0 Å². The molecule has 0 spiro atoms. The van der Waals surface area contributed by atoms with Gasteiger partial charge in [0.25, 0.3) is 10.0 Å². The molecule has 5 heteroatoms. The van der Waals surface area contributed by atoms with E-state index >= 15 is 0 Å². The number of nitrogens with zero attached hydrogens (tertiary/aromatic N) is 1. The normalized spacial score (nSPS) is 19.5. The second-order valence-corrected chi connectivity index (χ2v) is 7.57. The third-order valence-electron chi connectivity index (χ3n) is 3.81. The van der Waals surface area contributed by atoms with E-state index in [2.05, 4.69) is 0 Å². The molecular formula is C17H19NO3S. The van der Waals surface area contributed by atoms with Gasteiger partial charge >= 0.3 is 0 Å². The molecule has 0 amide bonds. The summed E-state index contributed by atoms with van der Waals surface area (Å²) in [5.74, 6) is 0. The number of hydrogen-bond acceptors (Lipinski definition) is 3. The molecule has 1 heterocycles. The summed E-state index contributed by atoms with van der Waals surface area (Å²) in [4.78, 5) is 0.305. The second-order valence-electron chi connectivity index (χ2n) is 5.63. The van der Waals surface area contributed by atoms with Crippen LogP contribution in [0, 0.1) is 0 Å². The third-order valence-corrected chi connectivity index (χ3v) is 5.65. The van der Waals surface area contributed by atoms with Gasteiger partial charge in [-0.2, -0.15) is 0 Å². The molecule has 0 saturated carbocycles. The average molecular weight is 317 g/mol. The summed E-state index contributed by atoms with van der Waals surface area (Å²) in [6.45, 7) is 3.91. The van der Waals surface area contributed by atoms with Crippen LogP contribution in [0.5, 0.6) is 0 Å². The fourth-order valence-corrected chi connectivity index (χ4v) is 4.24. The summed E-state index contributed by atoms with van der Waals surface area (Å²) in [6.07, 6.45) is -0.413. The molecule has 1 atom stereocenters. The van der Waals surface area contributed by atoms with E-state index < -0.39 is 16.1 Å². The van der Waals surface area contributed by atoms with Gasteiger partial charge in [-0.25, -0.2) is 8.42 Å². The van der Waals surface area contributed by atoms with E-state index in [0.29, 0.717) is 16.1 Å². The van der Waals surface area contributed by atoms with E-state index in [1.165, 1.54) is 4.31 Å². The SMILES string of the molecule is CC(C)OC1c2ccccc2N(C)S(=O)(=O)c2ccccc21. The fourth-order valence-electron chi connectivity index (χ4n) is 2.79. The quantitative estimate of drug-likeness (QED) is 0.853. The minimum Gasteiger partial charge on any atom is -0.366 e. The monoisotopic (exact) mass is 317 g/mol. The smallest absolute Gasteiger partial charge is 0.264 e. The second kappa shape index (κ2) is 5.41. The minimum absolute atomic E-state index is 0.0165. The van der Waals surface area contributed by atoms with Crippen molar-refractivity contribution in [2.45, 2.75) is 31.0 Å². The molecule has 1 aliphatic heterocycles. The van der Waals surface area contributed by atoms with Crippen LogP contribution in [0.25, 0.3) is 0 Å². The minimum atomic E-state index is -3.59. The van der Waals surface area contributed by atoms with E-state index in [9.17, 15) is 8.42 Å². The molecule has 0 aliphatic carbocycles. The Labute approximate surface area is 131 Å². The van der Waals surface area contributed by atoms with Crippen LogP contribution in [0.2, 0.25) is 0 Å². The first-order valence-electron chi connectivity index (χ1n) is 7.25. The summed E-state index contributed by atoms with van der Waals surface area (Å²) < 4.78 is 33.2. The molecule has 0 bridgehead atoms. The lowest BCUT2D eigenvalue weighted by Crippen LogP contribution is -2.26. The molecule has 3 rings (SSSR count). The lowest BCUT2D eigenvalue weighted by Gasteiger charge is -2.23. The highest BCUT2D eigenvalue weighted by molar-refractivity contribution is 7.92. The van der Waals surface area contributed by atoms with Crippen LogP contribution in [0.15, 0.2) is 53.4 Å². The standard InChI is InChI=1S/C17H19NO3S/c1-12(2)21-17-13-8-4-6-10-15(13)18(3)22(19,20)16-11-7-5-9-14(16)17/h4-12,17H,1-3H3. The number of sulfonamides is 1. The molecule has 0 radical (unpaired) electrons. The van der Waals surface area contributed by atoms with Crippen LogP contribution in [-0.4, -0.2) is 21.6 Å². The number of fused-ring (bicyclic) bond motifs is 2. The Morgan fingerprint density at radius 1 is 1.00 bits per heavy atom. The molecule has 1 aliphatic rings. The molecule has 2 aromatic carbocycles. The van der Waals surface area contributed by atoms with E-state index in [1.807, 2.05) is 50.2 Å². The maximum absolute atomic E-state index is 12.9. The van der Waals surface area contributed by atoms with Gasteiger partial charge in [-0.05, 0) is 26.0 Å². The molecule has 4 nitrogen and oxygen atoms in total. The Bertz CT molecular complexity index is 799. The molecule has 0 aromatic heterocycles. The van der Waals surface area contributed by atoms with Gasteiger partial charge in [-0.15, -0.1) is 0 Å². The molecule has 116 valence electrons. The van der Waals surface area contributed by atoms with E-state index in [-0.39, 0.29) is 6.10 Å². The maximum Gasteiger partial charge on any atom is 0.264 e. The van der Waals surface area contributed by atoms with Crippen LogP contribution in [-0.2, 0) is 14.8 Å². The Balaban J connectivity index is 2.35. The van der Waals surface area contributed by atoms with Gasteiger partial charge < -0.3 is 4.74 Å². The Hall–Kier alpha value is -1.85. The fraction of sp³-hybridized carbons (Fsp3) is 0.294. The van der Waals surface area contributed by atoms with Gasteiger partial charge in [0.1, 0.15) is 6.10 Å². The predicted octanol–water partition coefficient (Wildman–Crippen LogP) is 3.34.